The average Bonchev–Trinajstić information content (AvgIpc) is 2.97. The minimum absolute atomic E-state index is 0.512. The van der Waals surface area contributed by atoms with Crippen molar-refractivity contribution in [2.45, 2.75) is 58.1 Å². The second-order valence-electron chi connectivity index (χ2n) is 6.05. The Kier molecular flexibility index (Phi) is 3.94. The second-order valence-corrected chi connectivity index (χ2v) is 6.05. The van der Waals surface area contributed by atoms with Crippen LogP contribution in [0.3, 0.4) is 0 Å². The van der Waals surface area contributed by atoms with Crippen LogP contribution in [0, 0.1) is 17.8 Å². The van der Waals surface area contributed by atoms with Crippen LogP contribution < -0.4 is 5.32 Å². The molecule has 0 aromatic rings. The van der Waals surface area contributed by atoms with E-state index in [-0.39, 0.29) is 0 Å². The highest BCUT2D eigenvalue weighted by Gasteiger charge is 2.38. The number of allylic oxidation sites excluding steroid dienone is 2. The molecule has 1 fully saturated rings. The third kappa shape index (κ3) is 2.74. The van der Waals surface area contributed by atoms with Crippen LogP contribution in [0.4, 0.5) is 0 Å². The van der Waals surface area contributed by atoms with Crippen molar-refractivity contribution in [3.05, 3.63) is 12.2 Å². The first-order valence-corrected chi connectivity index (χ1v) is 7.22. The van der Waals surface area contributed by atoms with Crippen molar-refractivity contribution in [1.82, 2.24) is 5.32 Å². The second kappa shape index (κ2) is 5.11. The Bertz CT molecular complexity index is 283. The molecule has 1 saturated carbocycles. The van der Waals surface area contributed by atoms with Gasteiger partial charge in [-0.2, -0.15) is 0 Å². The summed E-state index contributed by atoms with van der Waals surface area (Å²) in [4.78, 5) is 0. The normalized spacial score (nSPS) is 33.3. The maximum absolute atomic E-state index is 10.3. The summed E-state index contributed by atoms with van der Waals surface area (Å²) in [5.74, 6) is 2.41. The number of hydrogen-bond donors (Lipinski definition) is 2. The molecular weight excluding hydrogens is 210 g/mol. The Morgan fingerprint density at radius 3 is 2.47 bits per heavy atom. The first-order chi connectivity index (χ1) is 8.08. The molecule has 0 aromatic carbocycles. The van der Waals surface area contributed by atoms with Gasteiger partial charge in [-0.1, -0.05) is 26.0 Å². The SMILES string of the molecule is CCC(O)(CC)CNC(C)C1CC2C=CC1C2. The minimum Gasteiger partial charge on any atom is -0.389 e. The summed E-state index contributed by atoms with van der Waals surface area (Å²) >= 11 is 0. The third-order valence-electron chi connectivity index (χ3n) is 5.04. The van der Waals surface area contributed by atoms with Gasteiger partial charge in [0.2, 0.25) is 0 Å². The summed E-state index contributed by atoms with van der Waals surface area (Å²) in [7, 11) is 0. The minimum atomic E-state index is -0.512. The van der Waals surface area contributed by atoms with E-state index in [1.807, 2.05) is 0 Å². The van der Waals surface area contributed by atoms with Crippen LogP contribution in [0.1, 0.15) is 46.5 Å². The summed E-state index contributed by atoms with van der Waals surface area (Å²) in [5.41, 5.74) is -0.512. The lowest BCUT2D eigenvalue weighted by atomic mass is 9.87. The predicted octanol–water partition coefficient (Wildman–Crippen LogP) is 2.73. The summed E-state index contributed by atoms with van der Waals surface area (Å²) < 4.78 is 0. The Labute approximate surface area is 105 Å². The third-order valence-corrected chi connectivity index (χ3v) is 5.04. The molecule has 2 bridgehead atoms. The molecule has 0 spiro atoms. The molecular formula is C15H27NO. The summed E-state index contributed by atoms with van der Waals surface area (Å²) in [5, 5.41) is 13.8. The van der Waals surface area contributed by atoms with Crippen molar-refractivity contribution in [2.24, 2.45) is 17.8 Å². The van der Waals surface area contributed by atoms with Crippen LogP contribution in [-0.2, 0) is 0 Å². The van der Waals surface area contributed by atoms with Crippen molar-refractivity contribution in [1.29, 1.82) is 0 Å². The van der Waals surface area contributed by atoms with Crippen molar-refractivity contribution >= 4 is 0 Å². The smallest absolute Gasteiger partial charge is 0.0766 e. The molecule has 0 radical (unpaired) electrons. The van der Waals surface area contributed by atoms with Gasteiger partial charge in [0.05, 0.1) is 5.60 Å². The van der Waals surface area contributed by atoms with Crippen LogP contribution in [0.2, 0.25) is 0 Å². The largest absolute Gasteiger partial charge is 0.389 e. The first-order valence-electron chi connectivity index (χ1n) is 7.22. The molecule has 98 valence electrons. The molecule has 0 amide bonds. The van der Waals surface area contributed by atoms with E-state index in [1.54, 1.807) is 0 Å². The number of nitrogens with one attached hydrogen (secondary N) is 1. The number of hydrogen-bond acceptors (Lipinski definition) is 2. The van der Waals surface area contributed by atoms with Gasteiger partial charge in [-0.25, -0.2) is 0 Å². The van der Waals surface area contributed by atoms with E-state index in [9.17, 15) is 5.11 Å². The summed E-state index contributed by atoms with van der Waals surface area (Å²) in [6.45, 7) is 7.15. The molecule has 0 heterocycles. The van der Waals surface area contributed by atoms with Gasteiger partial charge in [-0.3, -0.25) is 0 Å². The summed E-state index contributed by atoms with van der Waals surface area (Å²) in [6.07, 6.45) is 9.17. The van der Waals surface area contributed by atoms with Crippen LogP contribution >= 0.6 is 0 Å². The molecule has 4 unspecified atom stereocenters. The highest BCUT2D eigenvalue weighted by molar-refractivity contribution is 5.11. The van der Waals surface area contributed by atoms with Crippen molar-refractivity contribution in [3.63, 3.8) is 0 Å². The monoisotopic (exact) mass is 237 g/mol. The van der Waals surface area contributed by atoms with Gasteiger partial charge < -0.3 is 10.4 Å². The average molecular weight is 237 g/mol. The van der Waals surface area contributed by atoms with Gasteiger partial charge in [0.25, 0.3) is 0 Å². The zero-order valence-corrected chi connectivity index (χ0v) is 11.4. The highest BCUT2D eigenvalue weighted by Crippen LogP contribution is 2.44. The fourth-order valence-electron chi connectivity index (χ4n) is 3.40. The number of aliphatic hydroxyl groups is 1. The van der Waals surface area contributed by atoms with Crippen LogP contribution in [0.15, 0.2) is 12.2 Å². The van der Waals surface area contributed by atoms with Crippen LogP contribution in [0.5, 0.6) is 0 Å². The topological polar surface area (TPSA) is 32.3 Å². The Hall–Kier alpha value is -0.340. The molecule has 2 rings (SSSR count). The molecule has 2 aliphatic rings. The van der Waals surface area contributed by atoms with E-state index < -0.39 is 5.60 Å². The Morgan fingerprint density at radius 1 is 1.29 bits per heavy atom. The number of rotatable bonds is 6. The number of fused-ring (bicyclic) bond motifs is 2. The van der Waals surface area contributed by atoms with Gasteiger partial charge in [-0.05, 0) is 50.4 Å². The van der Waals surface area contributed by atoms with Gasteiger partial charge >= 0.3 is 0 Å². The molecule has 0 aliphatic heterocycles. The summed E-state index contributed by atoms with van der Waals surface area (Å²) in [6, 6.07) is 0.527. The zero-order chi connectivity index (χ0) is 12.5. The van der Waals surface area contributed by atoms with Crippen LogP contribution in [-0.4, -0.2) is 23.3 Å². The van der Waals surface area contributed by atoms with Crippen molar-refractivity contribution in [2.75, 3.05) is 6.54 Å². The standard InChI is InChI=1S/C15H27NO/c1-4-15(17,5-2)10-16-11(3)14-9-12-6-7-13(14)8-12/h6-7,11-14,16-17H,4-5,8-10H2,1-3H3. The van der Waals surface area contributed by atoms with Gasteiger partial charge in [-0.15, -0.1) is 0 Å². The molecule has 0 aromatic heterocycles. The van der Waals surface area contributed by atoms with Gasteiger partial charge in [0.15, 0.2) is 0 Å². The molecule has 2 aliphatic carbocycles. The first kappa shape index (κ1) is 13.1. The van der Waals surface area contributed by atoms with Gasteiger partial charge in [0, 0.05) is 12.6 Å². The predicted molar refractivity (Wildman–Crippen MR) is 71.8 cm³/mol. The van der Waals surface area contributed by atoms with Crippen molar-refractivity contribution in [3.8, 4) is 0 Å². The lowest BCUT2D eigenvalue weighted by Crippen LogP contribution is -2.45. The van der Waals surface area contributed by atoms with E-state index in [0.29, 0.717) is 6.04 Å². The van der Waals surface area contributed by atoms with E-state index >= 15 is 0 Å². The quantitative estimate of drug-likeness (QED) is 0.696. The molecule has 2 N–H and O–H groups in total. The highest BCUT2D eigenvalue weighted by atomic mass is 16.3. The van der Waals surface area contributed by atoms with Crippen LogP contribution in [0.25, 0.3) is 0 Å². The van der Waals surface area contributed by atoms with E-state index in [2.05, 4.69) is 38.2 Å². The molecule has 4 atom stereocenters. The fraction of sp³-hybridized carbons (Fsp3) is 0.867. The lowest BCUT2D eigenvalue weighted by molar-refractivity contribution is 0.0279. The lowest BCUT2D eigenvalue weighted by Gasteiger charge is -2.31. The molecule has 2 heteroatoms. The molecule has 0 saturated heterocycles. The van der Waals surface area contributed by atoms with Crippen molar-refractivity contribution < 1.29 is 5.11 Å². The van der Waals surface area contributed by atoms with E-state index in [0.717, 1.165) is 37.1 Å². The maximum Gasteiger partial charge on any atom is 0.0766 e. The van der Waals surface area contributed by atoms with Gasteiger partial charge in [0.1, 0.15) is 0 Å². The Morgan fingerprint density at radius 2 is 2.00 bits per heavy atom. The molecule has 2 nitrogen and oxygen atoms in total. The molecule has 17 heavy (non-hydrogen) atoms. The maximum atomic E-state index is 10.3. The fourth-order valence-corrected chi connectivity index (χ4v) is 3.40. The van der Waals surface area contributed by atoms with E-state index in [4.69, 9.17) is 0 Å². The Balaban J connectivity index is 1.82. The zero-order valence-electron chi connectivity index (χ0n) is 11.4. The van der Waals surface area contributed by atoms with E-state index in [1.165, 1.54) is 12.8 Å².